The van der Waals surface area contributed by atoms with Crippen LogP contribution in [0.1, 0.15) is 16.7 Å². The van der Waals surface area contributed by atoms with Gasteiger partial charge in [-0.1, -0.05) is 0 Å². The number of carbonyl (C=O) groups is 1. The highest BCUT2D eigenvalue weighted by molar-refractivity contribution is 7.09. The molecule has 5 N–H and O–H groups in total. The van der Waals surface area contributed by atoms with Crippen molar-refractivity contribution < 1.29 is 9.90 Å². The van der Waals surface area contributed by atoms with Crippen LogP contribution in [0.2, 0.25) is 0 Å². The monoisotopic (exact) mass is 214 g/mol. The molecule has 0 amide bonds. The molecule has 0 saturated carbocycles. The van der Waals surface area contributed by atoms with E-state index in [1.54, 1.807) is 12.3 Å². The summed E-state index contributed by atoms with van der Waals surface area (Å²) in [6, 6.07) is -1.04. The fraction of sp³-hybridized carbons (Fsp3) is 0.286. The van der Waals surface area contributed by atoms with Crippen molar-refractivity contribution in [3.05, 3.63) is 16.1 Å². The zero-order valence-corrected chi connectivity index (χ0v) is 8.26. The molecule has 0 aliphatic carbocycles. The summed E-state index contributed by atoms with van der Waals surface area (Å²) in [7, 11) is 0. The summed E-state index contributed by atoms with van der Waals surface area (Å²) >= 11 is 1.35. The third kappa shape index (κ3) is 2.43. The van der Waals surface area contributed by atoms with Crippen LogP contribution in [0.25, 0.3) is 0 Å². The van der Waals surface area contributed by atoms with E-state index in [2.05, 4.69) is 10.3 Å². The molecule has 0 radical (unpaired) electrons. The maximum absolute atomic E-state index is 10.8. The summed E-state index contributed by atoms with van der Waals surface area (Å²) in [4.78, 5) is 14.8. The van der Waals surface area contributed by atoms with Crippen LogP contribution in [-0.2, 0) is 4.79 Å². The van der Waals surface area contributed by atoms with Crippen molar-refractivity contribution in [2.75, 3.05) is 0 Å². The van der Waals surface area contributed by atoms with Gasteiger partial charge in [0.05, 0.1) is 10.7 Å². The van der Waals surface area contributed by atoms with Crippen LogP contribution in [0, 0.1) is 12.3 Å². The summed E-state index contributed by atoms with van der Waals surface area (Å²) in [6.07, 6.45) is 0. The minimum Gasteiger partial charge on any atom is -0.479 e. The van der Waals surface area contributed by atoms with E-state index >= 15 is 0 Å². The van der Waals surface area contributed by atoms with Gasteiger partial charge >= 0.3 is 5.97 Å². The molecule has 0 spiro atoms. The minimum atomic E-state index is -1.11. The number of carboxylic acids is 1. The number of nitrogens with two attached hydrogens (primary N) is 1. The molecule has 14 heavy (non-hydrogen) atoms. The van der Waals surface area contributed by atoms with Crippen molar-refractivity contribution in [3.8, 4) is 0 Å². The van der Waals surface area contributed by atoms with E-state index in [0.29, 0.717) is 5.69 Å². The molecule has 0 fully saturated rings. The average Bonchev–Trinajstić information content (AvgIpc) is 2.46. The van der Waals surface area contributed by atoms with Crippen LogP contribution in [0.15, 0.2) is 5.38 Å². The summed E-state index contributed by atoms with van der Waals surface area (Å²) in [6.45, 7) is 1.78. The normalized spacial score (nSPS) is 12.1. The van der Waals surface area contributed by atoms with E-state index in [1.165, 1.54) is 11.3 Å². The van der Waals surface area contributed by atoms with Crippen molar-refractivity contribution in [2.24, 2.45) is 5.73 Å². The Hall–Kier alpha value is -1.63. The largest absolute Gasteiger partial charge is 0.479 e. The van der Waals surface area contributed by atoms with Crippen molar-refractivity contribution in [2.45, 2.75) is 13.0 Å². The predicted octanol–water partition coefficient (Wildman–Crippen LogP) is 0.0603. The van der Waals surface area contributed by atoms with Gasteiger partial charge in [-0.2, -0.15) is 0 Å². The third-order valence-electron chi connectivity index (χ3n) is 1.48. The zero-order chi connectivity index (χ0) is 10.7. The summed E-state index contributed by atoms with van der Waals surface area (Å²) in [5.74, 6) is -1.49. The van der Waals surface area contributed by atoms with Gasteiger partial charge in [-0.15, -0.1) is 11.3 Å². The van der Waals surface area contributed by atoms with Crippen molar-refractivity contribution in [1.82, 2.24) is 10.3 Å². The van der Waals surface area contributed by atoms with Crippen LogP contribution < -0.4 is 11.1 Å². The minimum absolute atomic E-state index is 0.371. The second-order valence-electron chi connectivity index (χ2n) is 2.62. The molecule has 1 unspecified atom stereocenters. The lowest BCUT2D eigenvalue weighted by Gasteiger charge is -2.11. The fourth-order valence-electron chi connectivity index (χ4n) is 0.930. The van der Waals surface area contributed by atoms with Crippen molar-refractivity contribution in [3.63, 3.8) is 0 Å². The van der Waals surface area contributed by atoms with Crippen LogP contribution in [0.5, 0.6) is 0 Å². The molecule has 1 heterocycles. The number of aryl methyl sites for hydroxylation is 1. The molecule has 7 heteroatoms. The SMILES string of the molecule is Cc1nc(C(NC(=N)N)C(=O)O)cs1. The van der Waals surface area contributed by atoms with Crippen LogP contribution in [-0.4, -0.2) is 22.0 Å². The number of hydrogen-bond acceptors (Lipinski definition) is 4. The molecule has 1 aromatic heterocycles. The van der Waals surface area contributed by atoms with Crippen LogP contribution in [0.3, 0.4) is 0 Å². The lowest BCUT2D eigenvalue weighted by atomic mass is 10.2. The molecule has 0 saturated heterocycles. The highest BCUT2D eigenvalue weighted by Crippen LogP contribution is 2.16. The van der Waals surface area contributed by atoms with Gasteiger partial charge in [0, 0.05) is 5.38 Å². The molecule has 1 rings (SSSR count). The van der Waals surface area contributed by atoms with Crippen molar-refractivity contribution >= 4 is 23.3 Å². The number of aliphatic carboxylic acids is 1. The zero-order valence-electron chi connectivity index (χ0n) is 7.44. The number of nitrogens with zero attached hydrogens (tertiary/aromatic N) is 1. The van der Waals surface area contributed by atoms with E-state index in [4.69, 9.17) is 16.2 Å². The Balaban J connectivity index is 2.88. The first-order valence-corrected chi connectivity index (χ1v) is 4.64. The molecular formula is C7H10N4O2S. The number of rotatable bonds is 3. The second-order valence-corrected chi connectivity index (χ2v) is 3.68. The van der Waals surface area contributed by atoms with Gasteiger partial charge in [0.15, 0.2) is 12.0 Å². The Morgan fingerprint density at radius 3 is 2.86 bits per heavy atom. The second kappa shape index (κ2) is 4.05. The molecule has 0 aliphatic heterocycles. The molecule has 0 aromatic carbocycles. The van der Waals surface area contributed by atoms with Gasteiger partial charge in [0.2, 0.25) is 0 Å². The van der Waals surface area contributed by atoms with Crippen molar-refractivity contribution in [1.29, 1.82) is 5.41 Å². The quantitative estimate of drug-likeness (QED) is 0.420. The first-order chi connectivity index (χ1) is 6.50. The standard InChI is InChI=1S/C7H10N4O2S/c1-3-10-4(2-14-3)5(6(12)13)11-7(8)9/h2,5H,1H3,(H,12,13)(H4,8,9,11). The highest BCUT2D eigenvalue weighted by atomic mass is 32.1. The van der Waals surface area contributed by atoms with Gasteiger partial charge in [0.25, 0.3) is 0 Å². The van der Waals surface area contributed by atoms with Gasteiger partial charge in [0.1, 0.15) is 0 Å². The molecule has 1 aromatic rings. The summed E-state index contributed by atoms with van der Waals surface area (Å²) < 4.78 is 0. The Morgan fingerprint density at radius 2 is 2.50 bits per heavy atom. The number of thiazole rings is 1. The molecule has 0 aliphatic rings. The maximum atomic E-state index is 10.8. The highest BCUT2D eigenvalue weighted by Gasteiger charge is 2.22. The Labute approximate surface area is 84.3 Å². The molecule has 0 bridgehead atoms. The maximum Gasteiger partial charge on any atom is 0.332 e. The Bertz CT molecular complexity index is 362. The summed E-state index contributed by atoms with van der Waals surface area (Å²) in [5, 5.41) is 20.5. The third-order valence-corrected chi connectivity index (χ3v) is 2.27. The average molecular weight is 214 g/mol. The Morgan fingerprint density at radius 1 is 1.86 bits per heavy atom. The van der Waals surface area contributed by atoms with E-state index in [9.17, 15) is 4.79 Å². The first kappa shape index (κ1) is 10.5. The van der Waals surface area contributed by atoms with Gasteiger partial charge in [-0.05, 0) is 6.92 Å². The van der Waals surface area contributed by atoms with E-state index in [0.717, 1.165) is 5.01 Å². The topological polar surface area (TPSA) is 112 Å². The summed E-state index contributed by atoms with van der Waals surface area (Å²) in [5.41, 5.74) is 5.43. The predicted molar refractivity (Wildman–Crippen MR) is 52.3 cm³/mol. The van der Waals surface area contributed by atoms with Gasteiger partial charge in [-0.3, -0.25) is 5.41 Å². The van der Waals surface area contributed by atoms with Crippen LogP contribution in [0.4, 0.5) is 0 Å². The fourth-order valence-corrected chi connectivity index (χ4v) is 1.57. The van der Waals surface area contributed by atoms with E-state index < -0.39 is 12.0 Å². The van der Waals surface area contributed by atoms with Gasteiger partial charge in [-0.25, -0.2) is 9.78 Å². The smallest absolute Gasteiger partial charge is 0.332 e. The lowest BCUT2D eigenvalue weighted by Crippen LogP contribution is -2.38. The number of nitrogens with one attached hydrogen (secondary N) is 2. The molecule has 1 atom stereocenters. The number of hydrogen-bond donors (Lipinski definition) is 4. The number of carboxylic acid groups (broad SMARTS) is 1. The molecular weight excluding hydrogens is 204 g/mol. The van der Waals surface area contributed by atoms with E-state index in [1.807, 2.05) is 0 Å². The lowest BCUT2D eigenvalue weighted by molar-refractivity contribution is -0.139. The molecule has 76 valence electrons. The Kier molecular flexibility index (Phi) is 3.03. The van der Waals surface area contributed by atoms with Gasteiger partial charge < -0.3 is 16.2 Å². The molecule has 6 nitrogen and oxygen atoms in total. The van der Waals surface area contributed by atoms with Crippen LogP contribution >= 0.6 is 11.3 Å². The van der Waals surface area contributed by atoms with E-state index in [-0.39, 0.29) is 5.96 Å². The first-order valence-electron chi connectivity index (χ1n) is 3.76. The number of guanidine groups is 1. The number of aromatic nitrogens is 1.